The van der Waals surface area contributed by atoms with Crippen LogP contribution in [0.25, 0.3) is 0 Å². The van der Waals surface area contributed by atoms with Gasteiger partial charge in [0.25, 0.3) is 0 Å². The van der Waals surface area contributed by atoms with Crippen LogP contribution in [-0.2, 0) is 16.1 Å². The average molecular weight is 229 g/mol. The maximum atomic E-state index is 10.7. The number of rotatable bonds is 5. The quantitative estimate of drug-likeness (QED) is 0.843. The molecular weight excluding hydrogens is 216 g/mol. The lowest BCUT2D eigenvalue weighted by Crippen LogP contribution is -2.22. The summed E-state index contributed by atoms with van der Waals surface area (Å²) in [5.41, 5.74) is 0.877. The van der Waals surface area contributed by atoms with Crippen LogP contribution in [0.3, 0.4) is 0 Å². The van der Waals surface area contributed by atoms with Crippen LogP contribution in [0.15, 0.2) is 24.3 Å². The van der Waals surface area contributed by atoms with Gasteiger partial charge in [-0.1, -0.05) is 30.7 Å². The van der Waals surface area contributed by atoms with Crippen molar-refractivity contribution in [3.05, 3.63) is 34.9 Å². The van der Waals surface area contributed by atoms with Gasteiger partial charge in [0.1, 0.15) is 0 Å². The van der Waals surface area contributed by atoms with E-state index in [0.29, 0.717) is 11.4 Å². The van der Waals surface area contributed by atoms with Gasteiger partial charge in [-0.05, 0) is 24.1 Å². The molecule has 0 saturated heterocycles. The third-order valence-electron chi connectivity index (χ3n) is 1.99. The van der Waals surface area contributed by atoms with E-state index in [1.807, 2.05) is 12.1 Å². The summed E-state index contributed by atoms with van der Waals surface area (Å²) < 4.78 is 5.24. The molecule has 82 valence electrons. The minimum atomic E-state index is -0.931. The second-order valence-electron chi connectivity index (χ2n) is 3.18. The maximum Gasteiger partial charge on any atom is 0.332 e. The summed E-state index contributed by atoms with van der Waals surface area (Å²) in [6.07, 6.45) is -0.292. The standard InChI is InChI=1S/C11H13ClO3/c1-2-10(11(13)14)15-7-8-4-3-5-9(12)6-8/h3-6,10H,2,7H2,1H3,(H,13,14). The smallest absolute Gasteiger partial charge is 0.332 e. The number of carboxylic acids is 1. The van der Waals surface area contributed by atoms with Crippen LogP contribution in [0, 0.1) is 0 Å². The van der Waals surface area contributed by atoms with Crippen molar-refractivity contribution < 1.29 is 14.6 Å². The number of aliphatic carboxylic acids is 1. The molecule has 0 spiro atoms. The largest absolute Gasteiger partial charge is 0.479 e. The Kier molecular flexibility index (Phi) is 4.59. The molecule has 1 aromatic rings. The molecular formula is C11H13ClO3. The zero-order chi connectivity index (χ0) is 11.3. The lowest BCUT2D eigenvalue weighted by molar-refractivity contribution is -0.151. The summed E-state index contributed by atoms with van der Waals surface area (Å²) >= 11 is 5.78. The Hall–Kier alpha value is -1.06. The van der Waals surface area contributed by atoms with E-state index in [9.17, 15) is 4.79 Å². The molecule has 0 amide bonds. The van der Waals surface area contributed by atoms with E-state index in [-0.39, 0.29) is 6.61 Å². The molecule has 1 atom stereocenters. The second kappa shape index (κ2) is 5.73. The number of carbonyl (C=O) groups is 1. The molecule has 1 N–H and O–H groups in total. The molecule has 0 heterocycles. The molecule has 0 aliphatic heterocycles. The predicted octanol–water partition coefficient (Wildman–Crippen LogP) is 2.72. The molecule has 0 fully saturated rings. The molecule has 0 radical (unpaired) electrons. The maximum absolute atomic E-state index is 10.7. The first-order valence-corrected chi connectivity index (χ1v) is 5.10. The van der Waals surface area contributed by atoms with Crippen molar-refractivity contribution in [1.29, 1.82) is 0 Å². The number of hydrogen-bond acceptors (Lipinski definition) is 2. The fourth-order valence-electron chi connectivity index (χ4n) is 1.19. The van der Waals surface area contributed by atoms with Gasteiger partial charge in [-0.25, -0.2) is 4.79 Å². The van der Waals surface area contributed by atoms with Crippen LogP contribution in [0.5, 0.6) is 0 Å². The predicted molar refractivity (Wildman–Crippen MR) is 58.0 cm³/mol. The van der Waals surface area contributed by atoms with Gasteiger partial charge >= 0.3 is 5.97 Å². The highest BCUT2D eigenvalue weighted by molar-refractivity contribution is 6.30. The summed E-state index contributed by atoms with van der Waals surface area (Å²) in [5.74, 6) is -0.931. The van der Waals surface area contributed by atoms with Crippen molar-refractivity contribution in [2.45, 2.75) is 26.1 Å². The van der Waals surface area contributed by atoms with Gasteiger partial charge in [0, 0.05) is 5.02 Å². The molecule has 1 rings (SSSR count). The Balaban J connectivity index is 2.52. The van der Waals surface area contributed by atoms with Gasteiger partial charge in [0.15, 0.2) is 6.10 Å². The van der Waals surface area contributed by atoms with Crippen molar-refractivity contribution in [3.8, 4) is 0 Å². The summed E-state index contributed by atoms with van der Waals surface area (Å²) in [6, 6.07) is 7.18. The number of ether oxygens (including phenoxy) is 1. The minimum Gasteiger partial charge on any atom is -0.479 e. The summed E-state index contributed by atoms with van der Waals surface area (Å²) in [6.45, 7) is 2.04. The highest BCUT2D eigenvalue weighted by atomic mass is 35.5. The van der Waals surface area contributed by atoms with Crippen LogP contribution in [0.1, 0.15) is 18.9 Å². The van der Waals surface area contributed by atoms with Crippen molar-refractivity contribution >= 4 is 17.6 Å². The molecule has 0 aliphatic rings. The van der Waals surface area contributed by atoms with E-state index in [4.69, 9.17) is 21.4 Å². The van der Waals surface area contributed by atoms with Gasteiger partial charge in [-0.3, -0.25) is 0 Å². The van der Waals surface area contributed by atoms with E-state index in [1.54, 1.807) is 19.1 Å². The van der Waals surface area contributed by atoms with Gasteiger partial charge in [-0.2, -0.15) is 0 Å². The van der Waals surface area contributed by atoms with Crippen molar-refractivity contribution in [3.63, 3.8) is 0 Å². The Bertz CT molecular complexity index is 338. The number of hydrogen-bond donors (Lipinski definition) is 1. The zero-order valence-corrected chi connectivity index (χ0v) is 9.20. The summed E-state index contributed by atoms with van der Waals surface area (Å²) in [7, 11) is 0. The molecule has 1 aromatic carbocycles. The van der Waals surface area contributed by atoms with Crippen molar-refractivity contribution in [1.82, 2.24) is 0 Å². The molecule has 0 bridgehead atoms. The van der Waals surface area contributed by atoms with Gasteiger partial charge in [0.05, 0.1) is 6.61 Å². The second-order valence-corrected chi connectivity index (χ2v) is 3.61. The van der Waals surface area contributed by atoms with Crippen molar-refractivity contribution in [2.24, 2.45) is 0 Å². The average Bonchev–Trinajstić information content (AvgIpc) is 2.18. The van der Waals surface area contributed by atoms with Crippen molar-refractivity contribution in [2.75, 3.05) is 0 Å². The Morgan fingerprint density at radius 2 is 2.33 bits per heavy atom. The molecule has 0 aliphatic carbocycles. The lowest BCUT2D eigenvalue weighted by Gasteiger charge is -2.11. The van der Waals surface area contributed by atoms with Crippen LogP contribution in [0.2, 0.25) is 5.02 Å². The third-order valence-corrected chi connectivity index (χ3v) is 2.22. The lowest BCUT2D eigenvalue weighted by atomic mass is 10.2. The highest BCUT2D eigenvalue weighted by Gasteiger charge is 2.14. The Morgan fingerprint density at radius 3 is 2.87 bits per heavy atom. The van der Waals surface area contributed by atoms with E-state index < -0.39 is 12.1 Å². The number of carboxylic acid groups (broad SMARTS) is 1. The first-order valence-electron chi connectivity index (χ1n) is 4.72. The fraction of sp³-hybridized carbons (Fsp3) is 0.364. The molecule has 1 unspecified atom stereocenters. The third kappa shape index (κ3) is 3.90. The summed E-state index contributed by atoms with van der Waals surface area (Å²) in [5, 5.41) is 9.38. The monoisotopic (exact) mass is 228 g/mol. The Morgan fingerprint density at radius 1 is 1.60 bits per heavy atom. The van der Waals surface area contributed by atoms with Crippen LogP contribution < -0.4 is 0 Å². The van der Waals surface area contributed by atoms with E-state index in [0.717, 1.165) is 5.56 Å². The van der Waals surface area contributed by atoms with Gasteiger partial charge in [0.2, 0.25) is 0 Å². The van der Waals surface area contributed by atoms with Gasteiger partial charge < -0.3 is 9.84 Å². The molecule has 0 saturated carbocycles. The molecule has 15 heavy (non-hydrogen) atoms. The first-order chi connectivity index (χ1) is 7.13. The number of halogens is 1. The van der Waals surface area contributed by atoms with Crippen LogP contribution >= 0.6 is 11.6 Å². The molecule has 0 aromatic heterocycles. The number of benzene rings is 1. The van der Waals surface area contributed by atoms with Crippen LogP contribution in [0.4, 0.5) is 0 Å². The molecule has 4 heteroatoms. The van der Waals surface area contributed by atoms with Crippen LogP contribution in [-0.4, -0.2) is 17.2 Å². The SMILES string of the molecule is CCC(OCc1cccc(Cl)c1)C(=O)O. The fourth-order valence-corrected chi connectivity index (χ4v) is 1.40. The Labute approximate surface area is 93.6 Å². The van der Waals surface area contributed by atoms with E-state index in [1.165, 1.54) is 0 Å². The molecule has 3 nitrogen and oxygen atoms in total. The van der Waals surface area contributed by atoms with E-state index in [2.05, 4.69) is 0 Å². The zero-order valence-electron chi connectivity index (χ0n) is 8.44. The first kappa shape index (κ1) is 12.0. The van der Waals surface area contributed by atoms with E-state index >= 15 is 0 Å². The van der Waals surface area contributed by atoms with Gasteiger partial charge in [-0.15, -0.1) is 0 Å². The normalized spacial score (nSPS) is 12.4. The topological polar surface area (TPSA) is 46.5 Å². The minimum absolute atomic E-state index is 0.269. The highest BCUT2D eigenvalue weighted by Crippen LogP contribution is 2.12. The summed E-state index contributed by atoms with van der Waals surface area (Å²) in [4.78, 5) is 10.7.